The van der Waals surface area contributed by atoms with E-state index in [2.05, 4.69) is 0 Å². The predicted molar refractivity (Wildman–Crippen MR) is 64.7 cm³/mol. The van der Waals surface area contributed by atoms with E-state index < -0.39 is 18.6 Å². The minimum absolute atomic E-state index is 0.122. The molecule has 3 N–H and O–H groups in total. The lowest BCUT2D eigenvalue weighted by molar-refractivity contribution is -0.0711. The van der Waals surface area contributed by atoms with Gasteiger partial charge in [0.25, 0.3) is 5.92 Å². The molecular formula is C11H15ClF2N2O. The summed E-state index contributed by atoms with van der Waals surface area (Å²) in [6.45, 7) is -1.31. The first-order chi connectivity index (χ1) is 7.79. The Balaban J connectivity index is 3.08. The van der Waals surface area contributed by atoms with Crippen molar-refractivity contribution < 1.29 is 13.9 Å². The number of hydrogen-bond acceptors (Lipinski definition) is 3. The van der Waals surface area contributed by atoms with E-state index in [1.807, 2.05) is 14.1 Å². The molecule has 6 heteroatoms. The topological polar surface area (TPSA) is 49.5 Å². The first-order valence-electron chi connectivity index (χ1n) is 5.00. The molecule has 0 radical (unpaired) electrons. The van der Waals surface area contributed by atoms with Gasteiger partial charge in [-0.2, -0.15) is 0 Å². The van der Waals surface area contributed by atoms with Gasteiger partial charge in [0.15, 0.2) is 0 Å². The Morgan fingerprint density at radius 1 is 1.47 bits per heavy atom. The largest absolute Gasteiger partial charge is 0.390 e. The Bertz CT molecular complexity index is 399. The van der Waals surface area contributed by atoms with Gasteiger partial charge in [-0.15, -0.1) is 0 Å². The highest BCUT2D eigenvalue weighted by atomic mass is 35.5. The molecule has 0 fully saturated rings. The molecular weight excluding hydrogens is 250 g/mol. The van der Waals surface area contributed by atoms with Crippen molar-refractivity contribution in [2.75, 3.05) is 25.6 Å². The van der Waals surface area contributed by atoms with Crippen LogP contribution in [-0.4, -0.2) is 31.7 Å². The number of nitrogens with two attached hydrogens (primary N) is 1. The van der Waals surface area contributed by atoms with Crippen LogP contribution in [-0.2, 0) is 0 Å². The SMILES string of the molecule is CN(C)c1ccc([C@H](N)C(F)(F)CO)c(Cl)c1. The van der Waals surface area contributed by atoms with Crippen molar-refractivity contribution in [1.29, 1.82) is 0 Å². The summed E-state index contributed by atoms with van der Waals surface area (Å²) < 4.78 is 26.5. The first-order valence-corrected chi connectivity index (χ1v) is 5.38. The highest BCUT2D eigenvalue weighted by Gasteiger charge is 2.38. The monoisotopic (exact) mass is 264 g/mol. The van der Waals surface area contributed by atoms with Crippen LogP contribution in [0.3, 0.4) is 0 Å². The fraction of sp³-hybridized carbons (Fsp3) is 0.455. The maximum atomic E-state index is 13.2. The number of rotatable bonds is 4. The molecule has 0 saturated heterocycles. The Morgan fingerprint density at radius 3 is 2.47 bits per heavy atom. The molecule has 0 aromatic heterocycles. The van der Waals surface area contributed by atoms with Crippen molar-refractivity contribution in [2.45, 2.75) is 12.0 Å². The third kappa shape index (κ3) is 3.06. The second-order valence-corrected chi connectivity index (χ2v) is 4.40. The van der Waals surface area contributed by atoms with Crippen LogP contribution in [0, 0.1) is 0 Å². The molecule has 1 aromatic carbocycles. The molecule has 0 saturated carbocycles. The van der Waals surface area contributed by atoms with Gasteiger partial charge in [0.1, 0.15) is 6.61 Å². The van der Waals surface area contributed by atoms with E-state index in [1.54, 1.807) is 17.0 Å². The predicted octanol–water partition coefficient (Wildman–Crippen LogP) is 2.03. The van der Waals surface area contributed by atoms with E-state index in [0.29, 0.717) is 0 Å². The molecule has 3 nitrogen and oxygen atoms in total. The van der Waals surface area contributed by atoms with Crippen LogP contribution in [0.25, 0.3) is 0 Å². The van der Waals surface area contributed by atoms with Crippen molar-refractivity contribution in [1.82, 2.24) is 0 Å². The fourth-order valence-corrected chi connectivity index (χ4v) is 1.66. The van der Waals surface area contributed by atoms with Gasteiger partial charge < -0.3 is 15.7 Å². The molecule has 0 aliphatic heterocycles. The first kappa shape index (κ1) is 14.2. The molecule has 96 valence electrons. The Hall–Kier alpha value is -0.910. The maximum absolute atomic E-state index is 13.2. The van der Waals surface area contributed by atoms with E-state index in [1.165, 1.54) is 6.07 Å². The minimum atomic E-state index is -3.39. The van der Waals surface area contributed by atoms with E-state index >= 15 is 0 Å². The fourth-order valence-electron chi connectivity index (χ4n) is 1.37. The number of anilines is 1. The molecule has 0 aliphatic rings. The van der Waals surface area contributed by atoms with Crippen molar-refractivity contribution in [3.63, 3.8) is 0 Å². The van der Waals surface area contributed by atoms with Gasteiger partial charge in [-0.25, -0.2) is 8.78 Å². The molecule has 1 rings (SSSR count). The van der Waals surface area contributed by atoms with Crippen LogP contribution >= 0.6 is 11.6 Å². The van der Waals surface area contributed by atoms with Crippen molar-refractivity contribution in [3.8, 4) is 0 Å². The zero-order valence-corrected chi connectivity index (χ0v) is 10.4. The lowest BCUT2D eigenvalue weighted by Crippen LogP contribution is -2.36. The van der Waals surface area contributed by atoms with Crippen molar-refractivity contribution in [3.05, 3.63) is 28.8 Å². The van der Waals surface area contributed by atoms with Gasteiger partial charge in [-0.3, -0.25) is 0 Å². The van der Waals surface area contributed by atoms with Gasteiger partial charge >= 0.3 is 0 Å². The minimum Gasteiger partial charge on any atom is -0.390 e. The second-order valence-electron chi connectivity index (χ2n) is 4.00. The van der Waals surface area contributed by atoms with E-state index in [0.717, 1.165) is 5.69 Å². The zero-order valence-electron chi connectivity index (χ0n) is 9.62. The number of hydrogen-bond donors (Lipinski definition) is 2. The average Bonchev–Trinajstić information content (AvgIpc) is 2.27. The van der Waals surface area contributed by atoms with Gasteiger partial charge in [0.2, 0.25) is 0 Å². The molecule has 0 heterocycles. The number of nitrogens with zero attached hydrogens (tertiary/aromatic N) is 1. The summed E-state index contributed by atoms with van der Waals surface area (Å²) >= 11 is 5.91. The Labute approximate surface area is 104 Å². The number of alkyl halides is 2. The summed E-state index contributed by atoms with van der Waals surface area (Å²) in [5, 5.41) is 8.74. The molecule has 0 amide bonds. The standard InChI is InChI=1S/C11H15ClF2N2O/c1-16(2)7-3-4-8(9(12)5-7)10(15)11(13,14)6-17/h3-5,10,17H,6,15H2,1-2H3/t10-/m0/s1. The van der Waals surface area contributed by atoms with Gasteiger partial charge in [-0.05, 0) is 17.7 Å². The summed E-state index contributed by atoms with van der Waals surface area (Å²) in [4.78, 5) is 1.80. The third-order valence-corrected chi connectivity index (χ3v) is 2.83. The molecule has 0 unspecified atom stereocenters. The van der Waals surface area contributed by atoms with E-state index in [4.69, 9.17) is 22.4 Å². The quantitative estimate of drug-likeness (QED) is 0.875. The highest BCUT2D eigenvalue weighted by Crippen LogP contribution is 2.34. The van der Waals surface area contributed by atoms with Crippen molar-refractivity contribution >= 4 is 17.3 Å². The molecule has 0 aliphatic carbocycles. The number of benzene rings is 1. The van der Waals surface area contributed by atoms with Gasteiger partial charge in [-0.1, -0.05) is 17.7 Å². The number of aliphatic hydroxyl groups excluding tert-OH is 1. The van der Waals surface area contributed by atoms with Crippen LogP contribution in [0.15, 0.2) is 18.2 Å². The summed E-state index contributed by atoms with van der Waals surface area (Å²) in [7, 11) is 3.63. The van der Waals surface area contributed by atoms with Crippen LogP contribution in [0.2, 0.25) is 5.02 Å². The van der Waals surface area contributed by atoms with E-state index in [-0.39, 0.29) is 10.6 Å². The summed E-state index contributed by atoms with van der Waals surface area (Å²) in [6, 6.07) is 3.04. The Morgan fingerprint density at radius 2 is 2.06 bits per heavy atom. The third-order valence-electron chi connectivity index (χ3n) is 2.50. The maximum Gasteiger partial charge on any atom is 0.289 e. The van der Waals surface area contributed by atoms with Gasteiger partial charge in [0, 0.05) is 24.8 Å². The number of aliphatic hydroxyl groups is 1. The van der Waals surface area contributed by atoms with Crippen molar-refractivity contribution in [2.24, 2.45) is 5.73 Å². The lowest BCUT2D eigenvalue weighted by Gasteiger charge is -2.23. The second kappa shape index (κ2) is 5.16. The average molecular weight is 265 g/mol. The number of halogens is 3. The summed E-state index contributed by atoms with van der Waals surface area (Å²) in [6.07, 6.45) is 0. The molecule has 1 aromatic rings. The molecule has 0 spiro atoms. The normalized spacial score (nSPS) is 13.6. The highest BCUT2D eigenvalue weighted by molar-refractivity contribution is 6.31. The lowest BCUT2D eigenvalue weighted by atomic mass is 10.0. The molecule has 0 bridgehead atoms. The van der Waals surface area contributed by atoms with Crippen LogP contribution < -0.4 is 10.6 Å². The zero-order chi connectivity index (χ0) is 13.2. The van der Waals surface area contributed by atoms with Crippen LogP contribution in [0.5, 0.6) is 0 Å². The van der Waals surface area contributed by atoms with Crippen LogP contribution in [0.1, 0.15) is 11.6 Å². The summed E-state index contributed by atoms with van der Waals surface area (Å²) in [5.74, 6) is -3.39. The summed E-state index contributed by atoms with van der Waals surface area (Å²) in [5.41, 5.74) is 6.31. The molecule has 17 heavy (non-hydrogen) atoms. The van der Waals surface area contributed by atoms with Gasteiger partial charge in [0.05, 0.1) is 6.04 Å². The Kier molecular flexibility index (Phi) is 4.30. The molecule has 1 atom stereocenters. The van der Waals surface area contributed by atoms with E-state index in [9.17, 15) is 8.78 Å². The smallest absolute Gasteiger partial charge is 0.289 e. The van der Waals surface area contributed by atoms with Crippen LogP contribution in [0.4, 0.5) is 14.5 Å².